The second-order valence-corrected chi connectivity index (χ2v) is 5.16. The third-order valence-corrected chi connectivity index (χ3v) is 3.80. The van der Waals surface area contributed by atoms with Gasteiger partial charge < -0.3 is 14.7 Å². The van der Waals surface area contributed by atoms with Crippen LogP contribution in [0.2, 0.25) is 0 Å². The largest absolute Gasteiger partial charge is 0.481 e. The molecule has 0 amide bonds. The summed E-state index contributed by atoms with van der Waals surface area (Å²) in [5.41, 5.74) is 0. The van der Waals surface area contributed by atoms with Crippen LogP contribution in [-0.4, -0.2) is 52.9 Å². The molecule has 0 radical (unpaired) electrons. The van der Waals surface area contributed by atoms with Gasteiger partial charge in [0.05, 0.1) is 26.1 Å². The van der Waals surface area contributed by atoms with Crippen LogP contribution in [0, 0.1) is 0 Å². The van der Waals surface area contributed by atoms with Crippen LogP contribution in [-0.2, 0) is 4.79 Å². The van der Waals surface area contributed by atoms with E-state index in [1.165, 1.54) is 0 Å². The van der Waals surface area contributed by atoms with Gasteiger partial charge in [-0.1, -0.05) is 31.9 Å². The Morgan fingerprint density at radius 2 is 1.89 bits per heavy atom. The molecule has 0 fully saturated rings. The third-order valence-electron chi connectivity index (χ3n) is 3.80. The minimum atomic E-state index is -0.766. The number of nitrogens with zero attached hydrogens (tertiary/aromatic N) is 1. The summed E-state index contributed by atoms with van der Waals surface area (Å²) < 4.78 is 0.658. The number of rotatable bonds is 11. The van der Waals surface area contributed by atoms with Crippen LogP contribution in [0.3, 0.4) is 0 Å². The number of allylic oxidation sites excluding steroid dienone is 1. The lowest BCUT2D eigenvalue weighted by Crippen LogP contribution is -2.52. The van der Waals surface area contributed by atoms with Crippen LogP contribution in [0.25, 0.3) is 0 Å². The van der Waals surface area contributed by atoms with Crippen LogP contribution >= 0.6 is 0 Å². The number of aliphatic hydroxyl groups excluding tert-OH is 1. The van der Waals surface area contributed by atoms with Gasteiger partial charge in [0.2, 0.25) is 0 Å². The van der Waals surface area contributed by atoms with E-state index < -0.39 is 12.1 Å². The van der Waals surface area contributed by atoms with Gasteiger partial charge in [-0.2, -0.15) is 0 Å². The molecule has 0 aliphatic rings. The number of carbonyl (C=O) groups is 1. The highest BCUT2D eigenvalue weighted by atomic mass is 16.4. The molecule has 0 rings (SSSR count). The summed E-state index contributed by atoms with van der Waals surface area (Å²) in [6.45, 7) is 9.14. The molecule has 0 aromatic carbocycles. The van der Waals surface area contributed by atoms with Gasteiger partial charge in [0, 0.05) is 0 Å². The lowest BCUT2D eigenvalue weighted by atomic mass is 10.2. The lowest BCUT2D eigenvalue weighted by Gasteiger charge is -2.37. The topological polar surface area (TPSA) is 57.5 Å². The molecule has 0 aromatic heterocycles. The molecule has 0 aliphatic carbocycles. The first kappa shape index (κ1) is 18.1. The predicted octanol–water partition coefficient (Wildman–Crippen LogP) is 2.42. The maximum atomic E-state index is 10.7. The summed E-state index contributed by atoms with van der Waals surface area (Å²) in [5, 5.41) is 18.9. The maximum absolute atomic E-state index is 10.7. The van der Waals surface area contributed by atoms with E-state index in [0.29, 0.717) is 17.6 Å². The van der Waals surface area contributed by atoms with E-state index in [9.17, 15) is 9.90 Å². The average Bonchev–Trinajstić information content (AvgIpc) is 2.39. The Kier molecular flexibility index (Phi) is 9.53. The van der Waals surface area contributed by atoms with Crippen molar-refractivity contribution in [1.29, 1.82) is 0 Å². The fourth-order valence-electron chi connectivity index (χ4n) is 2.26. The van der Waals surface area contributed by atoms with E-state index in [1.807, 2.05) is 12.2 Å². The van der Waals surface area contributed by atoms with E-state index in [-0.39, 0.29) is 6.42 Å². The molecular weight excluding hydrogens is 242 g/mol. The minimum absolute atomic E-state index is 0.161. The number of unbranched alkanes of at least 4 members (excludes halogenated alkanes) is 2. The van der Waals surface area contributed by atoms with Crippen molar-refractivity contribution in [3.63, 3.8) is 0 Å². The van der Waals surface area contributed by atoms with E-state index in [1.54, 1.807) is 0 Å². The van der Waals surface area contributed by atoms with Crippen molar-refractivity contribution in [2.45, 2.75) is 52.6 Å². The number of quaternary nitrogens is 1. The van der Waals surface area contributed by atoms with E-state index >= 15 is 0 Å². The maximum Gasteiger partial charge on any atom is 0.309 e. The van der Waals surface area contributed by atoms with Crippen molar-refractivity contribution < 1.29 is 19.5 Å². The minimum Gasteiger partial charge on any atom is -0.481 e. The average molecular weight is 272 g/mol. The highest BCUT2D eigenvalue weighted by molar-refractivity contribution is 5.66. The van der Waals surface area contributed by atoms with Crippen LogP contribution < -0.4 is 0 Å². The van der Waals surface area contributed by atoms with Crippen LogP contribution in [0.4, 0.5) is 0 Å². The summed E-state index contributed by atoms with van der Waals surface area (Å²) in [6.07, 6.45) is 6.87. The summed E-state index contributed by atoms with van der Waals surface area (Å²) in [4.78, 5) is 10.7. The van der Waals surface area contributed by atoms with Crippen molar-refractivity contribution in [3.05, 3.63) is 12.2 Å². The number of hydrogen-bond donors (Lipinski definition) is 2. The summed E-state index contributed by atoms with van der Waals surface area (Å²) >= 11 is 0. The second-order valence-electron chi connectivity index (χ2n) is 5.16. The molecule has 0 saturated carbocycles. The van der Waals surface area contributed by atoms with Gasteiger partial charge in [-0.3, -0.25) is 4.79 Å². The molecule has 0 aromatic rings. The van der Waals surface area contributed by atoms with Gasteiger partial charge in [-0.05, 0) is 20.3 Å². The Hall–Kier alpha value is -0.870. The van der Waals surface area contributed by atoms with E-state index in [0.717, 1.165) is 32.4 Å². The van der Waals surface area contributed by atoms with Crippen molar-refractivity contribution in [2.75, 3.05) is 26.2 Å². The quantitative estimate of drug-likeness (QED) is 0.345. The number of hydrogen-bond acceptors (Lipinski definition) is 2. The monoisotopic (exact) mass is 272 g/mol. The molecule has 1 unspecified atom stereocenters. The normalized spacial score (nSPS) is 13.9. The molecule has 1 atom stereocenters. The predicted molar refractivity (Wildman–Crippen MR) is 78.0 cm³/mol. The first-order valence-electron chi connectivity index (χ1n) is 7.41. The molecular formula is C15H30NO3+. The lowest BCUT2D eigenvalue weighted by molar-refractivity contribution is -0.926. The van der Waals surface area contributed by atoms with Crippen molar-refractivity contribution >= 4 is 5.97 Å². The molecule has 0 heterocycles. The molecule has 0 aliphatic heterocycles. The SMILES string of the molecule is CCCC/C=C/C(O)C[N+](CC)(CC)CCC(=O)O. The zero-order valence-electron chi connectivity index (χ0n) is 12.6. The molecule has 112 valence electrons. The molecule has 0 bridgehead atoms. The Balaban J connectivity index is 4.38. The van der Waals surface area contributed by atoms with Crippen molar-refractivity contribution in [2.24, 2.45) is 0 Å². The van der Waals surface area contributed by atoms with Crippen LogP contribution in [0.1, 0.15) is 46.5 Å². The Bertz CT molecular complexity index is 273. The Morgan fingerprint density at radius 1 is 1.26 bits per heavy atom. The van der Waals surface area contributed by atoms with Crippen LogP contribution in [0.15, 0.2) is 12.2 Å². The molecule has 0 saturated heterocycles. The van der Waals surface area contributed by atoms with Crippen molar-refractivity contribution in [1.82, 2.24) is 0 Å². The summed E-state index contributed by atoms with van der Waals surface area (Å²) in [5.74, 6) is -0.766. The van der Waals surface area contributed by atoms with E-state index in [4.69, 9.17) is 5.11 Å². The smallest absolute Gasteiger partial charge is 0.309 e. The van der Waals surface area contributed by atoms with Gasteiger partial charge >= 0.3 is 5.97 Å². The number of likely N-dealkylation sites (N-methyl/N-ethyl adjacent to an activating group) is 1. The number of aliphatic carboxylic acids is 1. The molecule has 19 heavy (non-hydrogen) atoms. The molecule has 0 spiro atoms. The standard InChI is InChI=1S/C15H29NO3/c1-4-7-8-9-10-14(17)13-16(5-2,6-3)12-11-15(18)19/h9-10,14,17H,4-8,11-13H2,1-3H3/p+1/b10-9+. The zero-order chi connectivity index (χ0) is 14.7. The highest BCUT2D eigenvalue weighted by Crippen LogP contribution is 2.11. The first-order chi connectivity index (χ1) is 8.99. The van der Waals surface area contributed by atoms with Crippen LogP contribution in [0.5, 0.6) is 0 Å². The number of carboxylic acids is 1. The highest BCUT2D eigenvalue weighted by Gasteiger charge is 2.26. The van der Waals surface area contributed by atoms with Gasteiger partial charge in [0.15, 0.2) is 0 Å². The Morgan fingerprint density at radius 3 is 2.37 bits per heavy atom. The first-order valence-corrected chi connectivity index (χ1v) is 7.41. The van der Waals surface area contributed by atoms with Crippen molar-refractivity contribution in [3.8, 4) is 0 Å². The van der Waals surface area contributed by atoms with Gasteiger partial charge in [-0.25, -0.2) is 0 Å². The number of aliphatic hydroxyl groups is 1. The van der Waals surface area contributed by atoms with Gasteiger partial charge in [0.1, 0.15) is 12.6 Å². The Labute approximate surface area is 117 Å². The summed E-state index contributed by atoms with van der Waals surface area (Å²) in [6, 6.07) is 0. The van der Waals surface area contributed by atoms with Gasteiger partial charge in [0.25, 0.3) is 0 Å². The molecule has 2 N–H and O–H groups in total. The summed E-state index contributed by atoms with van der Waals surface area (Å²) in [7, 11) is 0. The second kappa shape index (κ2) is 9.98. The molecule has 4 nitrogen and oxygen atoms in total. The third kappa shape index (κ3) is 8.01. The zero-order valence-corrected chi connectivity index (χ0v) is 12.6. The molecule has 4 heteroatoms. The fraction of sp³-hybridized carbons (Fsp3) is 0.800. The number of carboxylic acid groups (broad SMARTS) is 1. The van der Waals surface area contributed by atoms with E-state index in [2.05, 4.69) is 20.8 Å². The van der Waals surface area contributed by atoms with Gasteiger partial charge in [-0.15, -0.1) is 0 Å². The fourth-order valence-corrected chi connectivity index (χ4v) is 2.26.